The van der Waals surface area contributed by atoms with Gasteiger partial charge >= 0.3 is 12.1 Å². The predicted molar refractivity (Wildman–Crippen MR) is 133 cm³/mol. The molecule has 210 valence electrons. The van der Waals surface area contributed by atoms with E-state index in [9.17, 15) is 31.5 Å². The zero-order valence-electron chi connectivity index (χ0n) is 21.6. The predicted octanol–water partition coefficient (Wildman–Crippen LogP) is 4.43. The fraction of sp³-hybridized carbons (Fsp3) is 0.333. The van der Waals surface area contributed by atoms with Gasteiger partial charge < -0.3 is 15.0 Å². The van der Waals surface area contributed by atoms with E-state index in [1.807, 2.05) is 5.32 Å². The molecule has 1 fully saturated rings. The molecule has 3 unspecified atom stereocenters. The van der Waals surface area contributed by atoms with Crippen molar-refractivity contribution in [1.29, 1.82) is 5.26 Å². The number of ether oxygens (including phenoxy) is 1. The molecule has 1 N–H and O–H groups in total. The summed E-state index contributed by atoms with van der Waals surface area (Å²) in [5.74, 6) is -4.00. The Bertz CT molecular complexity index is 1500. The zero-order chi connectivity index (χ0) is 29.4. The highest BCUT2D eigenvalue weighted by Crippen LogP contribution is 2.34. The molecule has 1 aliphatic heterocycles. The molecule has 3 aromatic rings. The number of aromatic nitrogens is 2. The van der Waals surface area contributed by atoms with E-state index < -0.39 is 47.8 Å². The number of methoxy groups -OCH3 is 1. The first-order valence-corrected chi connectivity index (χ1v) is 12.1. The average molecular weight is 562 g/mol. The topological polar surface area (TPSA) is 100 Å². The van der Waals surface area contributed by atoms with Gasteiger partial charge in [-0.25, -0.2) is 8.78 Å². The molecule has 3 atom stereocenters. The molecule has 13 heteroatoms. The Hall–Kier alpha value is -4.47. The molecule has 0 aliphatic carbocycles. The van der Waals surface area contributed by atoms with Gasteiger partial charge in [-0.2, -0.15) is 23.5 Å². The van der Waals surface area contributed by atoms with E-state index in [4.69, 9.17) is 10.00 Å². The molecule has 0 saturated carbocycles. The molecular formula is C27H24F5N5O3. The molecule has 2 aromatic carbocycles. The van der Waals surface area contributed by atoms with Crippen LogP contribution in [-0.4, -0.2) is 57.9 Å². The third-order valence-corrected chi connectivity index (χ3v) is 6.84. The number of carbonyl (C=O) groups is 2. The van der Waals surface area contributed by atoms with E-state index in [-0.39, 0.29) is 35.5 Å². The Labute approximate surface area is 225 Å². The average Bonchev–Trinajstić information content (AvgIpc) is 3.43. The van der Waals surface area contributed by atoms with E-state index in [0.29, 0.717) is 11.1 Å². The van der Waals surface area contributed by atoms with Crippen LogP contribution in [-0.2, 0) is 16.1 Å². The standard InChI is InChI=1S/C27H24F5N5O3/c1-14-8-22(34-26(39)27(30,31)32)15(2)37(14)24(38)13-36-12-19(16-6-7-23(40-3)21(29)9-16)25(35-36)17-4-5-18(11-33)20(28)10-17/h4-7,9-10,12,14-15,22H,8,13H2,1-3H3,(H,34,39). The first kappa shape index (κ1) is 28.5. The lowest BCUT2D eigenvalue weighted by Crippen LogP contribution is -2.49. The number of hydrogen-bond donors (Lipinski definition) is 1. The van der Waals surface area contributed by atoms with Crippen LogP contribution in [0.1, 0.15) is 25.8 Å². The van der Waals surface area contributed by atoms with Crippen LogP contribution in [0.3, 0.4) is 0 Å². The van der Waals surface area contributed by atoms with Crippen molar-refractivity contribution in [2.24, 2.45) is 0 Å². The summed E-state index contributed by atoms with van der Waals surface area (Å²) in [7, 11) is 1.31. The fourth-order valence-electron chi connectivity index (χ4n) is 4.91. The number of amides is 2. The van der Waals surface area contributed by atoms with Crippen LogP contribution in [0, 0.1) is 23.0 Å². The number of likely N-dealkylation sites (tertiary alicyclic amines) is 1. The third kappa shape index (κ3) is 5.61. The Balaban J connectivity index is 1.66. The van der Waals surface area contributed by atoms with Crippen molar-refractivity contribution < 1.29 is 36.3 Å². The molecule has 1 aromatic heterocycles. The van der Waals surface area contributed by atoms with Crippen molar-refractivity contribution in [2.75, 3.05) is 7.11 Å². The number of benzene rings is 2. The number of nitrogens with zero attached hydrogens (tertiary/aromatic N) is 4. The molecule has 0 bridgehead atoms. The molecule has 0 radical (unpaired) electrons. The van der Waals surface area contributed by atoms with Crippen LogP contribution in [0.5, 0.6) is 5.75 Å². The third-order valence-electron chi connectivity index (χ3n) is 6.84. The Morgan fingerprint density at radius 3 is 2.40 bits per heavy atom. The molecular weight excluding hydrogens is 537 g/mol. The van der Waals surface area contributed by atoms with Gasteiger partial charge in [-0.15, -0.1) is 0 Å². The summed E-state index contributed by atoms with van der Waals surface area (Å²) in [5.41, 5.74) is 1.01. The lowest BCUT2D eigenvalue weighted by Gasteiger charge is -2.28. The molecule has 1 saturated heterocycles. The van der Waals surface area contributed by atoms with Crippen LogP contribution >= 0.6 is 0 Å². The molecule has 4 rings (SSSR count). The van der Waals surface area contributed by atoms with Crippen molar-refractivity contribution in [2.45, 2.75) is 51.1 Å². The maximum Gasteiger partial charge on any atom is 0.471 e. The van der Waals surface area contributed by atoms with E-state index in [0.717, 1.165) is 6.07 Å². The van der Waals surface area contributed by atoms with E-state index in [1.54, 1.807) is 26.0 Å². The first-order valence-electron chi connectivity index (χ1n) is 12.1. The second kappa shape index (κ2) is 11.0. The van der Waals surface area contributed by atoms with Crippen LogP contribution < -0.4 is 10.1 Å². The van der Waals surface area contributed by atoms with Crippen molar-refractivity contribution in [3.63, 3.8) is 0 Å². The summed E-state index contributed by atoms with van der Waals surface area (Å²) >= 11 is 0. The number of halogens is 5. The highest BCUT2D eigenvalue weighted by Gasteiger charge is 2.45. The molecule has 40 heavy (non-hydrogen) atoms. The summed E-state index contributed by atoms with van der Waals surface area (Å²) < 4.78 is 73.5. The minimum absolute atomic E-state index is 0.00136. The molecule has 0 spiro atoms. The van der Waals surface area contributed by atoms with Crippen molar-refractivity contribution >= 4 is 11.8 Å². The van der Waals surface area contributed by atoms with Gasteiger partial charge in [0.05, 0.1) is 18.7 Å². The first-order chi connectivity index (χ1) is 18.8. The monoisotopic (exact) mass is 561 g/mol. The number of hydrogen-bond acceptors (Lipinski definition) is 5. The molecule has 8 nitrogen and oxygen atoms in total. The maximum absolute atomic E-state index is 14.5. The van der Waals surface area contributed by atoms with Crippen molar-refractivity contribution in [3.8, 4) is 34.2 Å². The summed E-state index contributed by atoms with van der Waals surface area (Å²) in [6.07, 6.45) is -3.45. The Morgan fingerprint density at radius 1 is 1.12 bits per heavy atom. The van der Waals surface area contributed by atoms with Gasteiger partial charge in [0.15, 0.2) is 11.6 Å². The maximum atomic E-state index is 14.5. The van der Waals surface area contributed by atoms with E-state index in [2.05, 4.69) is 5.10 Å². The zero-order valence-corrected chi connectivity index (χ0v) is 21.6. The summed E-state index contributed by atoms with van der Waals surface area (Å²) in [4.78, 5) is 26.1. The van der Waals surface area contributed by atoms with Gasteiger partial charge in [0.2, 0.25) is 5.91 Å². The minimum atomic E-state index is -5.05. The summed E-state index contributed by atoms with van der Waals surface area (Å²) in [6, 6.07) is 7.64. The molecule has 1 aliphatic rings. The van der Waals surface area contributed by atoms with E-state index >= 15 is 0 Å². The second-order valence-corrected chi connectivity index (χ2v) is 9.45. The van der Waals surface area contributed by atoms with Crippen molar-refractivity contribution in [1.82, 2.24) is 20.0 Å². The number of alkyl halides is 3. The smallest absolute Gasteiger partial charge is 0.471 e. The van der Waals surface area contributed by atoms with Gasteiger partial charge in [0.1, 0.15) is 24.1 Å². The summed E-state index contributed by atoms with van der Waals surface area (Å²) in [6.45, 7) is 2.87. The highest BCUT2D eigenvalue weighted by atomic mass is 19.4. The van der Waals surface area contributed by atoms with Gasteiger partial charge in [-0.1, -0.05) is 12.1 Å². The minimum Gasteiger partial charge on any atom is -0.494 e. The normalized spacial score (nSPS) is 18.9. The fourth-order valence-corrected chi connectivity index (χ4v) is 4.91. The van der Waals surface area contributed by atoms with Crippen molar-refractivity contribution in [3.05, 3.63) is 59.8 Å². The van der Waals surface area contributed by atoms with Gasteiger partial charge in [-0.05, 0) is 50.1 Å². The Kier molecular flexibility index (Phi) is 7.81. The van der Waals surface area contributed by atoms with Crippen LogP contribution in [0.15, 0.2) is 42.6 Å². The van der Waals surface area contributed by atoms with Gasteiger partial charge in [0, 0.05) is 29.4 Å². The van der Waals surface area contributed by atoms with Crippen LogP contribution in [0.4, 0.5) is 22.0 Å². The highest BCUT2D eigenvalue weighted by molar-refractivity contribution is 5.83. The van der Waals surface area contributed by atoms with Crippen LogP contribution in [0.2, 0.25) is 0 Å². The van der Waals surface area contributed by atoms with Crippen LogP contribution in [0.25, 0.3) is 22.4 Å². The molecule has 2 amide bonds. The number of rotatable bonds is 6. The van der Waals surface area contributed by atoms with Gasteiger partial charge in [0.25, 0.3) is 0 Å². The SMILES string of the molecule is COc1ccc(-c2cn(CC(=O)N3C(C)CC(NC(=O)C(F)(F)F)C3C)nc2-c2ccc(C#N)c(F)c2)cc1F. The molecule has 2 heterocycles. The lowest BCUT2D eigenvalue weighted by molar-refractivity contribution is -0.174. The number of nitrogens with one attached hydrogen (secondary N) is 1. The Morgan fingerprint density at radius 2 is 1.80 bits per heavy atom. The quantitative estimate of drug-likeness (QED) is 0.449. The number of carbonyl (C=O) groups excluding carboxylic acids is 2. The van der Waals surface area contributed by atoms with Gasteiger partial charge in [-0.3, -0.25) is 14.3 Å². The number of nitriles is 1. The second-order valence-electron chi connectivity index (χ2n) is 9.45. The lowest BCUT2D eigenvalue weighted by atomic mass is 10.0. The van der Waals surface area contributed by atoms with E-state index in [1.165, 1.54) is 47.2 Å². The largest absolute Gasteiger partial charge is 0.494 e. The summed E-state index contributed by atoms with van der Waals surface area (Å²) in [5, 5.41) is 15.4.